The second kappa shape index (κ2) is 11.6. The van der Waals surface area contributed by atoms with Crippen molar-refractivity contribution in [2.24, 2.45) is 5.92 Å². The lowest BCUT2D eigenvalue weighted by Gasteiger charge is -2.37. The van der Waals surface area contributed by atoms with Crippen molar-refractivity contribution < 1.29 is 19.1 Å². The van der Waals surface area contributed by atoms with Crippen molar-refractivity contribution in [1.29, 1.82) is 0 Å². The molecule has 3 aromatic rings. The molecular formula is C29H32N2O4. The molecule has 1 saturated heterocycles. The fourth-order valence-corrected chi connectivity index (χ4v) is 4.71. The lowest BCUT2D eigenvalue weighted by Crippen LogP contribution is -2.48. The monoisotopic (exact) mass is 472 g/mol. The highest BCUT2D eigenvalue weighted by molar-refractivity contribution is 5.95. The number of rotatable bonds is 8. The standard InChI is InChI=1S/C29H32N2O4/c1-34-26-14-12-23(13-15-26)29(33)31-19-24(21-8-4-3-5-9-21)18-25(20-31)28(32)30-17-16-22-10-6-7-11-27(22)35-2/h3-15,24-25H,16-20H2,1-2H3,(H,30,32). The SMILES string of the molecule is COc1ccc(C(=O)N2CC(C(=O)NCCc3ccccc3OC)CC(c3ccccc3)C2)cc1. The maximum atomic E-state index is 13.4. The number of hydrogen-bond donors (Lipinski definition) is 1. The molecule has 0 saturated carbocycles. The van der Waals surface area contributed by atoms with E-state index in [-0.39, 0.29) is 23.7 Å². The third-order valence-electron chi connectivity index (χ3n) is 6.60. The first kappa shape index (κ1) is 24.3. The Balaban J connectivity index is 1.46. The molecule has 2 atom stereocenters. The van der Waals surface area contributed by atoms with E-state index < -0.39 is 0 Å². The topological polar surface area (TPSA) is 67.9 Å². The van der Waals surface area contributed by atoms with Crippen molar-refractivity contribution >= 4 is 11.8 Å². The zero-order valence-electron chi connectivity index (χ0n) is 20.3. The van der Waals surface area contributed by atoms with E-state index >= 15 is 0 Å². The number of methoxy groups -OCH3 is 2. The Bertz CT molecular complexity index is 1130. The van der Waals surface area contributed by atoms with E-state index in [9.17, 15) is 9.59 Å². The molecule has 1 N–H and O–H groups in total. The van der Waals surface area contributed by atoms with E-state index in [2.05, 4.69) is 17.4 Å². The molecule has 0 aliphatic carbocycles. The summed E-state index contributed by atoms with van der Waals surface area (Å²) in [6.07, 6.45) is 1.38. The second-order valence-electron chi connectivity index (χ2n) is 8.83. The zero-order valence-corrected chi connectivity index (χ0v) is 20.3. The van der Waals surface area contributed by atoms with Gasteiger partial charge in [-0.3, -0.25) is 9.59 Å². The lowest BCUT2D eigenvalue weighted by molar-refractivity contribution is -0.126. The number of hydrogen-bond acceptors (Lipinski definition) is 4. The van der Waals surface area contributed by atoms with E-state index in [0.717, 1.165) is 16.9 Å². The van der Waals surface area contributed by atoms with Crippen LogP contribution in [0.1, 0.15) is 33.8 Å². The van der Waals surface area contributed by atoms with E-state index in [1.165, 1.54) is 0 Å². The molecule has 1 aliphatic rings. The molecule has 1 heterocycles. The van der Waals surface area contributed by atoms with Crippen molar-refractivity contribution in [2.45, 2.75) is 18.8 Å². The zero-order chi connectivity index (χ0) is 24.6. The minimum atomic E-state index is -0.283. The first-order valence-corrected chi connectivity index (χ1v) is 12.0. The summed E-state index contributed by atoms with van der Waals surface area (Å²) in [7, 11) is 3.25. The molecule has 1 aliphatic heterocycles. The molecule has 4 rings (SSSR count). The molecule has 0 spiro atoms. The third-order valence-corrected chi connectivity index (χ3v) is 6.60. The number of nitrogens with zero attached hydrogens (tertiary/aromatic N) is 1. The molecule has 35 heavy (non-hydrogen) atoms. The van der Waals surface area contributed by atoms with Gasteiger partial charge in [-0.1, -0.05) is 48.5 Å². The molecule has 1 fully saturated rings. The van der Waals surface area contributed by atoms with Crippen LogP contribution in [0.25, 0.3) is 0 Å². The second-order valence-corrected chi connectivity index (χ2v) is 8.83. The Morgan fingerprint density at radius 2 is 1.60 bits per heavy atom. The van der Waals surface area contributed by atoms with Crippen molar-refractivity contribution in [2.75, 3.05) is 33.9 Å². The summed E-state index contributed by atoms with van der Waals surface area (Å²) in [6, 6.07) is 25.1. The fraction of sp³-hybridized carbons (Fsp3) is 0.310. The van der Waals surface area contributed by atoms with E-state index in [1.54, 1.807) is 38.5 Å². The lowest BCUT2D eigenvalue weighted by atomic mass is 9.83. The molecule has 2 unspecified atom stereocenters. The van der Waals surface area contributed by atoms with E-state index in [4.69, 9.17) is 9.47 Å². The molecule has 2 amide bonds. The predicted molar refractivity (Wildman–Crippen MR) is 136 cm³/mol. The summed E-state index contributed by atoms with van der Waals surface area (Å²) in [6.45, 7) is 1.49. The van der Waals surface area contributed by atoms with Gasteiger partial charge >= 0.3 is 0 Å². The molecule has 0 radical (unpaired) electrons. The Labute approximate surface area is 206 Å². The van der Waals surface area contributed by atoms with Gasteiger partial charge in [0.2, 0.25) is 5.91 Å². The van der Waals surface area contributed by atoms with Crippen molar-refractivity contribution in [3.63, 3.8) is 0 Å². The smallest absolute Gasteiger partial charge is 0.253 e. The highest BCUT2D eigenvalue weighted by atomic mass is 16.5. The quantitative estimate of drug-likeness (QED) is 0.531. The van der Waals surface area contributed by atoms with Crippen LogP contribution in [0.4, 0.5) is 0 Å². The van der Waals surface area contributed by atoms with Crippen LogP contribution >= 0.6 is 0 Å². The Hall–Kier alpha value is -3.80. The maximum absolute atomic E-state index is 13.4. The summed E-state index contributed by atoms with van der Waals surface area (Å²) in [4.78, 5) is 28.4. The van der Waals surface area contributed by atoms with Gasteiger partial charge in [-0.05, 0) is 54.3 Å². The number of benzene rings is 3. The maximum Gasteiger partial charge on any atom is 0.253 e. The average Bonchev–Trinajstić information content (AvgIpc) is 2.93. The molecule has 0 aromatic heterocycles. The normalized spacial score (nSPS) is 17.5. The summed E-state index contributed by atoms with van der Waals surface area (Å²) in [5.41, 5.74) is 2.79. The number of nitrogens with one attached hydrogen (secondary N) is 1. The first-order valence-electron chi connectivity index (χ1n) is 12.0. The van der Waals surface area contributed by atoms with Gasteiger partial charge in [0.05, 0.1) is 20.1 Å². The number of ether oxygens (including phenoxy) is 2. The van der Waals surface area contributed by atoms with Crippen molar-refractivity contribution in [3.05, 3.63) is 95.6 Å². The Morgan fingerprint density at radius 3 is 2.31 bits per heavy atom. The van der Waals surface area contributed by atoms with Crippen LogP contribution < -0.4 is 14.8 Å². The molecule has 0 bridgehead atoms. The predicted octanol–water partition coefficient (Wildman–Crippen LogP) is 4.31. The summed E-state index contributed by atoms with van der Waals surface area (Å²) >= 11 is 0. The van der Waals surface area contributed by atoms with Crippen LogP contribution in [0.5, 0.6) is 11.5 Å². The molecule has 182 valence electrons. The van der Waals surface area contributed by atoms with Crippen molar-refractivity contribution in [1.82, 2.24) is 10.2 Å². The van der Waals surface area contributed by atoms with E-state index in [0.29, 0.717) is 43.8 Å². The van der Waals surface area contributed by atoms with Crippen LogP contribution in [0.2, 0.25) is 0 Å². The van der Waals surface area contributed by atoms with Crippen LogP contribution in [0.3, 0.4) is 0 Å². The van der Waals surface area contributed by atoms with Crippen LogP contribution in [0, 0.1) is 5.92 Å². The fourth-order valence-electron chi connectivity index (χ4n) is 4.71. The average molecular weight is 473 g/mol. The van der Waals surface area contributed by atoms with Gasteiger partial charge in [0.1, 0.15) is 11.5 Å². The van der Waals surface area contributed by atoms with Crippen LogP contribution in [-0.4, -0.2) is 50.6 Å². The minimum Gasteiger partial charge on any atom is -0.497 e. The number of amides is 2. The number of piperidine rings is 1. The third kappa shape index (κ3) is 6.01. The molecule has 3 aromatic carbocycles. The van der Waals surface area contributed by atoms with Gasteiger partial charge in [0.15, 0.2) is 0 Å². The van der Waals surface area contributed by atoms with E-state index in [1.807, 2.05) is 47.4 Å². The van der Waals surface area contributed by atoms with Gasteiger partial charge in [-0.2, -0.15) is 0 Å². The van der Waals surface area contributed by atoms with Gasteiger partial charge in [-0.25, -0.2) is 0 Å². The number of carbonyl (C=O) groups excluding carboxylic acids is 2. The van der Waals surface area contributed by atoms with Crippen LogP contribution in [0.15, 0.2) is 78.9 Å². The highest BCUT2D eigenvalue weighted by Gasteiger charge is 2.34. The largest absolute Gasteiger partial charge is 0.497 e. The Morgan fingerprint density at radius 1 is 0.886 bits per heavy atom. The van der Waals surface area contributed by atoms with Gasteiger partial charge < -0.3 is 19.7 Å². The Kier molecular flexibility index (Phi) is 8.03. The number of likely N-dealkylation sites (tertiary alicyclic amines) is 1. The van der Waals surface area contributed by atoms with Crippen molar-refractivity contribution in [3.8, 4) is 11.5 Å². The first-order chi connectivity index (χ1) is 17.1. The summed E-state index contributed by atoms with van der Waals surface area (Å²) < 4.78 is 10.6. The molecule has 6 heteroatoms. The summed E-state index contributed by atoms with van der Waals surface area (Å²) in [5, 5.41) is 3.09. The molecule has 6 nitrogen and oxygen atoms in total. The van der Waals surface area contributed by atoms with Gasteiger partial charge in [-0.15, -0.1) is 0 Å². The number of carbonyl (C=O) groups is 2. The van der Waals surface area contributed by atoms with Gasteiger partial charge in [0.25, 0.3) is 5.91 Å². The van der Waals surface area contributed by atoms with Crippen LogP contribution in [-0.2, 0) is 11.2 Å². The number of para-hydroxylation sites is 1. The molecular weight excluding hydrogens is 440 g/mol. The highest BCUT2D eigenvalue weighted by Crippen LogP contribution is 2.31. The van der Waals surface area contributed by atoms with Gasteiger partial charge in [0, 0.05) is 31.1 Å². The summed E-state index contributed by atoms with van der Waals surface area (Å²) in [5.74, 6) is 1.24. The minimum absolute atomic E-state index is 0.0203.